The number of nitrogens with one attached hydrogen (secondary N) is 1. The average molecular weight is 353 g/mol. The molecule has 1 atom stereocenters. The molecule has 0 aliphatic rings. The first-order valence-corrected chi connectivity index (χ1v) is 6.65. The van der Waals surface area contributed by atoms with Gasteiger partial charge in [-0.05, 0) is 39.5 Å². The molecule has 0 fully saturated rings. The van der Waals surface area contributed by atoms with Crippen LogP contribution in [0.1, 0.15) is 26.3 Å². The number of carbonyl (C=O) groups excluding carboxylic acids is 1. The van der Waals surface area contributed by atoms with Gasteiger partial charge < -0.3 is 11.1 Å². The Morgan fingerprint density at radius 2 is 1.85 bits per heavy atom. The van der Waals surface area contributed by atoms with Crippen LogP contribution in [-0.2, 0) is 11.0 Å². The van der Waals surface area contributed by atoms with Gasteiger partial charge in [-0.15, -0.1) is 0 Å². The third-order valence-electron chi connectivity index (χ3n) is 2.77. The van der Waals surface area contributed by atoms with E-state index in [2.05, 4.69) is 21.2 Å². The molecule has 0 aliphatic carbocycles. The van der Waals surface area contributed by atoms with E-state index in [1.54, 1.807) is 20.8 Å². The Morgan fingerprint density at radius 1 is 1.30 bits per heavy atom. The fourth-order valence-corrected chi connectivity index (χ4v) is 1.75. The SMILES string of the molecule is CC(C)(C)[C@@H](N)C(=O)Nc1cc(C(F)(F)F)ccc1Br. The lowest BCUT2D eigenvalue weighted by Crippen LogP contribution is -2.45. The van der Waals surface area contributed by atoms with Crippen LogP contribution < -0.4 is 11.1 Å². The molecule has 0 radical (unpaired) electrons. The Balaban J connectivity index is 3.01. The summed E-state index contributed by atoms with van der Waals surface area (Å²) >= 11 is 3.10. The molecular weight excluding hydrogens is 337 g/mol. The largest absolute Gasteiger partial charge is 0.416 e. The molecule has 3 nitrogen and oxygen atoms in total. The quantitative estimate of drug-likeness (QED) is 0.850. The molecule has 112 valence electrons. The molecule has 0 spiro atoms. The summed E-state index contributed by atoms with van der Waals surface area (Å²) < 4.78 is 38.3. The van der Waals surface area contributed by atoms with Gasteiger partial charge in [0, 0.05) is 4.47 Å². The predicted octanol–water partition coefficient (Wildman–Crippen LogP) is 3.78. The zero-order chi connectivity index (χ0) is 15.7. The Hall–Kier alpha value is -1.08. The Labute approximate surface area is 123 Å². The highest BCUT2D eigenvalue weighted by atomic mass is 79.9. The van der Waals surface area contributed by atoms with E-state index in [1.165, 1.54) is 6.07 Å². The number of hydrogen-bond acceptors (Lipinski definition) is 2. The Morgan fingerprint density at radius 3 is 2.30 bits per heavy atom. The van der Waals surface area contributed by atoms with Crippen LogP contribution in [0.3, 0.4) is 0 Å². The van der Waals surface area contributed by atoms with Crippen molar-refractivity contribution in [3.05, 3.63) is 28.2 Å². The van der Waals surface area contributed by atoms with Crippen molar-refractivity contribution in [2.45, 2.75) is 33.0 Å². The number of halogens is 4. The molecule has 20 heavy (non-hydrogen) atoms. The molecule has 0 aromatic heterocycles. The van der Waals surface area contributed by atoms with Gasteiger partial charge in [0.25, 0.3) is 0 Å². The van der Waals surface area contributed by atoms with Crippen LogP contribution in [0.2, 0.25) is 0 Å². The van der Waals surface area contributed by atoms with Crippen LogP contribution in [0.15, 0.2) is 22.7 Å². The second kappa shape index (κ2) is 5.73. The highest BCUT2D eigenvalue weighted by molar-refractivity contribution is 9.10. The summed E-state index contributed by atoms with van der Waals surface area (Å²) in [7, 11) is 0. The normalized spacial score (nSPS) is 14.0. The molecule has 0 saturated carbocycles. The van der Waals surface area contributed by atoms with Crippen molar-refractivity contribution in [3.8, 4) is 0 Å². The topological polar surface area (TPSA) is 55.1 Å². The van der Waals surface area contributed by atoms with Crippen LogP contribution in [-0.4, -0.2) is 11.9 Å². The van der Waals surface area contributed by atoms with E-state index in [4.69, 9.17) is 5.73 Å². The van der Waals surface area contributed by atoms with Gasteiger partial charge in [-0.1, -0.05) is 20.8 Å². The van der Waals surface area contributed by atoms with Gasteiger partial charge in [-0.2, -0.15) is 13.2 Å². The molecule has 0 aliphatic heterocycles. The number of alkyl halides is 3. The maximum atomic E-state index is 12.6. The van der Waals surface area contributed by atoms with E-state index in [-0.39, 0.29) is 5.69 Å². The number of hydrogen-bond donors (Lipinski definition) is 2. The van der Waals surface area contributed by atoms with Crippen LogP contribution in [0, 0.1) is 5.41 Å². The number of nitrogens with two attached hydrogens (primary N) is 1. The molecule has 1 aromatic carbocycles. The van der Waals surface area contributed by atoms with Crippen LogP contribution >= 0.6 is 15.9 Å². The highest BCUT2D eigenvalue weighted by Crippen LogP contribution is 2.34. The molecule has 1 amide bonds. The summed E-state index contributed by atoms with van der Waals surface area (Å²) in [6.07, 6.45) is -4.47. The summed E-state index contributed by atoms with van der Waals surface area (Å²) in [6, 6.07) is 2.21. The number of rotatable bonds is 2. The minimum Gasteiger partial charge on any atom is -0.324 e. The van der Waals surface area contributed by atoms with Crippen LogP contribution in [0.4, 0.5) is 18.9 Å². The predicted molar refractivity (Wildman–Crippen MR) is 75.2 cm³/mol. The first-order chi connectivity index (χ1) is 8.93. The molecule has 0 bridgehead atoms. The van der Waals surface area contributed by atoms with Crippen molar-refractivity contribution in [1.82, 2.24) is 0 Å². The maximum Gasteiger partial charge on any atom is 0.416 e. The van der Waals surface area contributed by atoms with Gasteiger partial charge in [0.2, 0.25) is 5.91 Å². The monoisotopic (exact) mass is 352 g/mol. The smallest absolute Gasteiger partial charge is 0.324 e. The van der Waals surface area contributed by atoms with E-state index in [1.807, 2.05) is 0 Å². The Kier molecular flexibility index (Phi) is 4.86. The van der Waals surface area contributed by atoms with Crippen molar-refractivity contribution in [1.29, 1.82) is 0 Å². The highest BCUT2D eigenvalue weighted by Gasteiger charge is 2.32. The fourth-order valence-electron chi connectivity index (χ4n) is 1.40. The van der Waals surface area contributed by atoms with E-state index in [0.29, 0.717) is 4.47 Å². The van der Waals surface area contributed by atoms with E-state index >= 15 is 0 Å². The summed E-state index contributed by atoms with van der Waals surface area (Å²) in [5.74, 6) is -0.530. The summed E-state index contributed by atoms with van der Waals surface area (Å²) in [4.78, 5) is 11.9. The van der Waals surface area contributed by atoms with Gasteiger partial charge in [0.05, 0.1) is 17.3 Å². The van der Waals surface area contributed by atoms with Gasteiger partial charge in [0.1, 0.15) is 0 Å². The first-order valence-electron chi connectivity index (χ1n) is 5.86. The summed E-state index contributed by atoms with van der Waals surface area (Å²) in [5, 5.41) is 2.42. The number of benzene rings is 1. The molecule has 3 N–H and O–H groups in total. The third kappa shape index (κ3) is 4.21. The molecule has 7 heteroatoms. The van der Waals surface area contributed by atoms with E-state index < -0.39 is 29.1 Å². The summed E-state index contributed by atoms with van der Waals surface area (Å²) in [5.41, 5.74) is 4.49. The molecular formula is C13H16BrF3N2O. The van der Waals surface area contributed by atoms with Gasteiger partial charge in [-0.3, -0.25) is 4.79 Å². The van der Waals surface area contributed by atoms with Gasteiger partial charge >= 0.3 is 6.18 Å². The second-order valence-electron chi connectivity index (χ2n) is 5.53. The number of carbonyl (C=O) groups is 1. The molecule has 0 unspecified atom stereocenters. The van der Waals surface area contributed by atoms with Crippen molar-refractivity contribution >= 4 is 27.5 Å². The summed E-state index contributed by atoms with van der Waals surface area (Å²) in [6.45, 7) is 5.33. The standard InChI is InChI=1S/C13H16BrF3N2O/c1-12(2,3)10(18)11(20)19-9-6-7(13(15,16)17)4-5-8(9)14/h4-6,10H,18H2,1-3H3,(H,19,20)/t10-/m0/s1. The minimum atomic E-state index is -4.47. The third-order valence-corrected chi connectivity index (χ3v) is 3.46. The lowest BCUT2D eigenvalue weighted by Gasteiger charge is -2.26. The van der Waals surface area contributed by atoms with Crippen molar-refractivity contribution < 1.29 is 18.0 Å². The zero-order valence-corrected chi connectivity index (χ0v) is 12.9. The molecule has 0 heterocycles. The second-order valence-corrected chi connectivity index (χ2v) is 6.38. The lowest BCUT2D eigenvalue weighted by molar-refractivity contribution is -0.137. The van der Waals surface area contributed by atoms with Gasteiger partial charge in [0.15, 0.2) is 0 Å². The van der Waals surface area contributed by atoms with Crippen LogP contribution in [0.5, 0.6) is 0 Å². The van der Waals surface area contributed by atoms with Crippen molar-refractivity contribution in [3.63, 3.8) is 0 Å². The Bertz CT molecular complexity index is 509. The zero-order valence-electron chi connectivity index (χ0n) is 11.3. The van der Waals surface area contributed by atoms with Crippen molar-refractivity contribution in [2.75, 3.05) is 5.32 Å². The molecule has 0 saturated heterocycles. The number of amides is 1. The van der Waals surface area contributed by atoms with Crippen molar-refractivity contribution in [2.24, 2.45) is 11.1 Å². The molecule has 1 rings (SSSR count). The van der Waals surface area contributed by atoms with Crippen LogP contribution in [0.25, 0.3) is 0 Å². The first kappa shape index (κ1) is 17.0. The van der Waals surface area contributed by atoms with Gasteiger partial charge in [-0.25, -0.2) is 0 Å². The lowest BCUT2D eigenvalue weighted by atomic mass is 9.87. The van der Waals surface area contributed by atoms with E-state index in [0.717, 1.165) is 12.1 Å². The van der Waals surface area contributed by atoms with E-state index in [9.17, 15) is 18.0 Å². The maximum absolute atomic E-state index is 12.6. The number of anilines is 1. The average Bonchev–Trinajstić information content (AvgIpc) is 2.28. The minimum absolute atomic E-state index is 0.0459. The fraction of sp³-hybridized carbons (Fsp3) is 0.462. The molecule has 1 aromatic rings.